The van der Waals surface area contributed by atoms with Crippen molar-refractivity contribution in [1.82, 2.24) is 19.9 Å². The van der Waals surface area contributed by atoms with E-state index in [0.29, 0.717) is 38.6 Å². The Morgan fingerprint density at radius 1 is 1.21 bits per heavy atom. The monoisotopic (exact) mass is 411 g/mol. The summed E-state index contributed by atoms with van der Waals surface area (Å²) in [6, 6.07) is 4.69. The van der Waals surface area contributed by atoms with Crippen molar-refractivity contribution >= 4 is 26.9 Å². The highest BCUT2D eigenvalue weighted by Gasteiger charge is 2.17. The number of fused-ring (bicyclic) bond motifs is 1. The zero-order chi connectivity index (χ0) is 20.6. The van der Waals surface area contributed by atoms with Crippen LogP contribution in [0.15, 0.2) is 29.4 Å². The molecule has 7 nitrogen and oxygen atoms in total. The fourth-order valence-electron chi connectivity index (χ4n) is 3.03. The molecule has 0 bridgehead atoms. The molecule has 0 aliphatic rings. The maximum atomic E-state index is 13.5. The Labute approximate surface area is 166 Å². The van der Waals surface area contributed by atoms with Crippen LogP contribution in [0.1, 0.15) is 26.3 Å². The number of H-pyrrole nitrogens is 1. The number of nitrogens with zero attached hydrogens (tertiary/aromatic N) is 2. The highest BCUT2D eigenvalue weighted by Crippen LogP contribution is 2.19. The number of benzene rings is 1. The van der Waals surface area contributed by atoms with Gasteiger partial charge in [0.1, 0.15) is 5.82 Å². The molecule has 0 saturated heterocycles. The Morgan fingerprint density at radius 3 is 2.64 bits per heavy atom. The van der Waals surface area contributed by atoms with Gasteiger partial charge in [0.2, 0.25) is 10.0 Å². The van der Waals surface area contributed by atoms with Crippen LogP contribution in [0.2, 0.25) is 0 Å². The SMILES string of the molecule is CCNC(=NCCS(=O)(=O)N(CC)CC)NCCc1c[nH]c2ccc(F)cc12. The molecule has 9 heteroatoms. The Kier molecular flexibility index (Phi) is 8.25. The van der Waals surface area contributed by atoms with Gasteiger partial charge in [0.15, 0.2) is 5.96 Å². The summed E-state index contributed by atoms with van der Waals surface area (Å²) in [5.41, 5.74) is 1.92. The van der Waals surface area contributed by atoms with Crippen molar-refractivity contribution in [1.29, 1.82) is 0 Å². The Bertz CT molecular complexity index is 891. The standard InChI is InChI=1S/C19H30FN5O2S/c1-4-21-19(23-11-12-28(26,27)25(5-2)6-3)22-10-9-15-14-24-18-8-7-16(20)13-17(15)18/h7-8,13-14,24H,4-6,9-12H2,1-3H3,(H2,21,22,23). The van der Waals surface area contributed by atoms with Crippen molar-refractivity contribution in [2.75, 3.05) is 38.5 Å². The van der Waals surface area contributed by atoms with Crippen molar-refractivity contribution in [2.45, 2.75) is 27.2 Å². The molecule has 0 fully saturated rings. The maximum absolute atomic E-state index is 13.5. The summed E-state index contributed by atoms with van der Waals surface area (Å²) in [4.78, 5) is 7.51. The molecule has 28 heavy (non-hydrogen) atoms. The third-order valence-corrected chi connectivity index (χ3v) is 6.48. The summed E-state index contributed by atoms with van der Waals surface area (Å²) < 4.78 is 39.4. The van der Waals surface area contributed by atoms with Crippen LogP contribution < -0.4 is 10.6 Å². The topological polar surface area (TPSA) is 89.6 Å². The summed E-state index contributed by atoms with van der Waals surface area (Å²) >= 11 is 0. The molecular weight excluding hydrogens is 381 g/mol. The van der Waals surface area contributed by atoms with E-state index in [-0.39, 0.29) is 18.1 Å². The van der Waals surface area contributed by atoms with Crippen LogP contribution in [0.25, 0.3) is 10.9 Å². The smallest absolute Gasteiger partial charge is 0.215 e. The first-order chi connectivity index (χ1) is 13.4. The number of halogens is 1. The van der Waals surface area contributed by atoms with Gasteiger partial charge in [0, 0.05) is 43.3 Å². The van der Waals surface area contributed by atoms with Crippen molar-refractivity contribution in [2.24, 2.45) is 4.99 Å². The molecule has 0 saturated carbocycles. The van der Waals surface area contributed by atoms with E-state index >= 15 is 0 Å². The van der Waals surface area contributed by atoms with Gasteiger partial charge in [-0.2, -0.15) is 0 Å². The highest BCUT2D eigenvalue weighted by atomic mass is 32.2. The predicted octanol–water partition coefficient (Wildman–Crippen LogP) is 2.08. The van der Waals surface area contributed by atoms with E-state index in [2.05, 4.69) is 20.6 Å². The van der Waals surface area contributed by atoms with Crippen LogP contribution in [0.4, 0.5) is 4.39 Å². The van der Waals surface area contributed by atoms with Gasteiger partial charge in [-0.3, -0.25) is 4.99 Å². The second-order valence-corrected chi connectivity index (χ2v) is 8.43. The molecule has 2 aromatic rings. The van der Waals surface area contributed by atoms with E-state index in [9.17, 15) is 12.8 Å². The first kappa shape index (κ1) is 22.2. The first-order valence-electron chi connectivity index (χ1n) is 9.66. The molecule has 0 amide bonds. The van der Waals surface area contributed by atoms with Gasteiger partial charge in [-0.05, 0) is 37.1 Å². The summed E-state index contributed by atoms with van der Waals surface area (Å²) in [7, 11) is -3.29. The summed E-state index contributed by atoms with van der Waals surface area (Å²) in [6.07, 6.45) is 2.57. The van der Waals surface area contributed by atoms with Gasteiger partial charge in [-0.1, -0.05) is 13.8 Å². The van der Waals surface area contributed by atoms with Gasteiger partial charge in [-0.25, -0.2) is 17.1 Å². The molecule has 0 atom stereocenters. The number of aromatic amines is 1. The van der Waals surface area contributed by atoms with Gasteiger partial charge in [0.05, 0.1) is 12.3 Å². The van der Waals surface area contributed by atoms with Crippen molar-refractivity contribution in [3.63, 3.8) is 0 Å². The molecule has 0 unspecified atom stereocenters. The number of nitrogens with one attached hydrogen (secondary N) is 3. The van der Waals surface area contributed by atoms with Crippen molar-refractivity contribution in [3.05, 3.63) is 35.8 Å². The lowest BCUT2D eigenvalue weighted by Gasteiger charge is -2.17. The second-order valence-electron chi connectivity index (χ2n) is 6.34. The fourth-order valence-corrected chi connectivity index (χ4v) is 4.40. The second kappa shape index (κ2) is 10.4. The maximum Gasteiger partial charge on any atom is 0.215 e. The lowest BCUT2D eigenvalue weighted by atomic mass is 10.1. The molecule has 1 heterocycles. The number of hydrogen-bond donors (Lipinski definition) is 3. The summed E-state index contributed by atoms with van der Waals surface area (Å²) in [6.45, 7) is 7.99. The van der Waals surface area contributed by atoms with Crippen LogP contribution in [0.5, 0.6) is 0 Å². The fraction of sp³-hybridized carbons (Fsp3) is 0.526. The average Bonchev–Trinajstić information content (AvgIpc) is 3.04. The molecule has 0 spiro atoms. The van der Waals surface area contributed by atoms with E-state index in [1.807, 2.05) is 27.0 Å². The average molecular weight is 412 g/mol. The van der Waals surface area contributed by atoms with Crippen LogP contribution in [-0.4, -0.2) is 62.1 Å². The van der Waals surface area contributed by atoms with Crippen LogP contribution >= 0.6 is 0 Å². The molecule has 3 N–H and O–H groups in total. The van der Waals surface area contributed by atoms with Crippen molar-refractivity contribution in [3.8, 4) is 0 Å². The molecule has 0 radical (unpaired) electrons. The Hall–Kier alpha value is -2.13. The lowest BCUT2D eigenvalue weighted by Crippen LogP contribution is -2.39. The number of rotatable bonds is 10. The quantitative estimate of drug-likeness (QED) is 0.412. The highest BCUT2D eigenvalue weighted by molar-refractivity contribution is 7.89. The number of aliphatic imine (C=N–C) groups is 1. The number of guanidine groups is 1. The predicted molar refractivity (Wildman–Crippen MR) is 113 cm³/mol. The van der Waals surface area contributed by atoms with Gasteiger partial charge >= 0.3 is 0 Å². The summed E-state index contributed by atoms with van der Waals surface area (Å²) in [5, 5.41) is 7.19. The zero-order valence-electron chi connectivity index (χ0n) is 16.8. The minimum Gasteiger partial charge on any atom is -0.361 e. The van der Waals surface area contributed by atoms with Gasteiger partial charge < -0.3 is 15.6 Å². The molecule has 1 aromatic heterocycles. The number of aromatic nitrogens is 1. The Balaban J connectivity index is 1.93. The molecular formula is C19H30FN5O2S. The minimum atomic E-state index is -3.29. The molecule has 1 aromatic carbocycles. The molecule has 0 aliphatic heterocycles. The number of sulfonamides is 1. The summed E-state index contributed by atoms with van der Waals surface area (Å²) in [5.74, 6) is 0.293. The van der Waals surface area contributed by atoms with E-state index in [1.165, 1.54) is 16.4 Å². The van der Waals surface area contributed by atoms with Gasteiger partial charge in [0.25, 0.3) is 0 Å². The molecule has 156 valence electrons. The first-order valence-corrected chi connectivity index (χ1v) is 11.3. The lowest BCUT2D eigenvalue weighted by molar-refractivity contribution is 0.445. The Morgan fingerprint density at radius 2 is 1.96 bits per heavy atom. The zero-order valence-corrected chi connectivity index (χ0v) is 17.6. The van der Waals surface area contributed by atoms with E-state index in [0.717, 1.165) is 16.5 Å². The van der Waals surface area contributed by atoms with E-state index < -0.39 is 10.0 Å². The number of hydrogen-bond acceptors (Lipinski definition) is 3. The van der Waals surface area contributed by atoms with Crippen LogP contribution in [0, 0.1) is 5.82 Å². The van der Waals surface area contributed by atoms with Crippen LogP contribution in [-0.2, 0) is 16.4 Å². The van der Waals surface area contributed by atoms with Gasteiger partial charge in [-0.15, -0.1) is 0 Å². The largest absolute Gasteiger partial charge is 0.361 e. The van der Waals surface area contributed by atoms with E-state index in [1.54, 1.807) is 6.07 Å². The molecule has 2 rings (SSSR count). The normalized spacial score (nSPS) is 12.7. The van der Waals surface area contributed by atoms with E-state index in [4.69, 9.17) is 0 Å². The minimum absolute atomic E-state index is 0.0209. The van der Waals surface area contributed by atoms with Crippen LogP contribution in [0.3, 0.4) is 0 Å². The van der Waals surface area contributed by atoms with Crippen molar-refractivity contribution < 1.29 is 12.8 Å². The molecule has 0 aliphatic carbocycles. The third-order valence-electron chi connectivity index (χ3n) is 4.48. The third kappa shape index (κ3) is 5.93.